The predicted octanol–water partition coefficient (Wildman–Crippen LogP) is 1.41. The van der Waals surface area contributed by atoms with E-state index in [-0.39, 0.29) is 8.14 Å². The van der Waals surface area contributed by atoms with Crippen molar-refractivity contribution in [2.24, 2.45) is 0 Å². The van der Waals surface area contributed by atoms with Crippen molar-refractivity contribution in [2.75, 3.05) is 0 Å². The molecule has 10 heavy (non-hydrogen) atoms. The zero-order valence-corrected chi connectivity index (χ0v) is 9.32. The molecule has 1 rings (SSSR count). The Morgan fingerprint density at radius 1 is 1.30 bits per heavy atom. The summed E-state index contributed by atoms with van der Waals surface area (Å²) in [6, 6.07) is 6.51. The van der Waals surface area contributed by atoms with E-state index in [1.807, 2.05) is 0 Å². The summed E-state index contributed by atoms with van der Waals surface area (Å²) in [5, 5.41) is 1.53. The molecule has 0 atom stereocenters. The molecule has 0 unspecified atom stereocenters. The Morgan fingerprint density at radius 3 is 2.50 bits per heavy atom. The third-order valence-electron chi connectivity index (χ3n) is 1.86. The quantitative estimate of drug-likeness (QED) is 0.490. The lowest BCUT2D eigenvalue weighted by molar-refractivity contribution is 1.37. The average molecular weight is 215 g/mol. The maximum Gasteiger partial charge on any atom is 0.130 e. The molecular weight excluding hydrogens is 204 g/mol. The van der Waals surface area contributed by atoms with Gasteiger partial charge in [0, 0.05) is 0 Å². The van der Waals surface area contributed by atoms with Crippen LogP contribution in [-0.2, 0) is 0 Å². The van der Waals surface area contributed by atoms with E-state index in [9.17, 15) is 0 Å². The Balaban J connectivity index is 3.14. The summed E-state index contributed by atoms with van der Waals surface area (Å²) in [7, 11) is -0.147. The van der Waals surface area contributed by atoms with E-state index in [0.717, 1.165) is 0 Å². The summed E-state index contributed by atoms with van der Waals surface area (Å²) in [4.78, 5) is 0. The van der Waals surface area contributed by atoms with Crippen molar-refractivity contribution in [3.8, 4) is 0 Å². The van der Waals surface area contributed by atoms with Gasteiger partial charge in [0.15, 0.2) is 0 Å². The van der Waals surface area contributed by atoms with Crippen molar-refractivity contribution in [1.29, 1.82) is 0 Å². The Labute approximate surface area is 72.1 Å². The standard InChI is InChI=1S/C8H11BrSi/c1-6-4-3-5-8(10-9)7(6)2/h3-5H,10H2,1-2H3. The number of aryl methyl sites for hydroxylation is 1. The Bertz CT molecular complexity index is 233. The van der Waals surface area contributed by atoms with Crippen LogP contribution in [0.1, 0.15) is 11.1 Å². The first-order valence-electron chi connectivity index (χ1n) is 3.36. The van der Waals surface area contributed by atoms with E-state index in [1.54, 1.807) is 0 Å². The molecule has 1 aromatic carbocycles. The largest absolute Gasteiger partial charge is 0.130 e. The van der Waals surface area contributed by atoms with Crippen LogP contribution in [0.5, 0.6) is 0 Å². The van der Waals surface area contributed by atoms with Gasteiger partial charge in [-0.3, -0.25) is 0 Å². The van der Waals surface area contributed by atoms with Crippen LogP contribution in [0.25, 0.3) is 0 Å². The first-order chi connectivity index (χ1) is 4.75. The van der Waals surface area contributed by atoms with E-state index in [1.165, 1.54) is 16.3 Å². The van der Waals surface area contributed by atoms with Gasteiger partial charge in [0.2, 0.25) is 0 Å². The molecule has 0 fully saturated rings. The third kappa shape index (κ3) is 1.50. The SMILES string of the molecule is Cc1cccc([SiH2]Br)c1C. The molecule has 0 heterocycles. The summed E-state index contributed by atoms with van der Waals surface area (Å²) in [6.45, 7) is 4.36. The molecule has 0 nitrogen and oxygen atoms in total. The monoisotopic (exact) mass is 214 g/mol. The van der Waals surface area contributed by atoms with Gasteiger partial charge in [-0.2, -0.15) is 0 Å². The lowest BCUT2D eigenvalue weighted by Crippen LogP contribution is -2.12. The van der Waals surface area contributed by atoms with E-state index in [0.29, 0.717) is 0 Å². The predicted molar refractivity (Wildman–Crippen MR) is 53.0 cm³/mol. The van der Waals surface area contributed by atoms with Crippen molar-refractivity contribution < 1.29 is 0 Å². The van der Waals surface area contributed by atoms with Crippen molar-refractivity contribution >= 4 is 28.6 Å². The minimum absolute atomic E-state index is 0.147. The van der Waals surface area contributed by atoms with Gasteiger partial charge in [0.05, 0.1) is 0 Å². The fourth-order valence-electron chi connectivity index (χ4n) is 0.957. The minimum atomic E-state index is -0.147. The van der Waals surface area contributed by atoms with Crippen LogP contribution < -0.4 is 5.19 Å². The van der Waals surface area contributed by atoms with E-state index >= 15 is 0 Å². The van der Waals surface area contributed by atoms with E-state index in [4.69, 9.17) is 0 Å². The number of halogens is 1. The molecule has 0 bridgehead atoms. The van der Waals surface area contributed by atoms with Gasteiger partial charge in [-0.15, -0.1) is 15.3 Å². The molecule has 0 aromatic heterocycles. The smallest absolute Gasteiger partial charge is 0.129 e. The van der Waals surface area contributed by atoms with Crippen LogP contribution in [-0.4, -0.2) is 8.14 Å². The van der Waals surface area contributed by atoms with Crippen LogP contribution >= 0.6 is 15.3 Å². The molecule has 0 radical (unpaired) electrons. The maximum absolute atomic E-state index is 3.58. The van der Waals surface area contributed by atoms with Crippen molar-refractivity contribution in [3.05, 3.63) is 29.3 Å². The molecule has 1 aromatic rings. The molecule has 0 aliphatic rings. The minimum Gasteiger partial charge on any atom is -0.129 e. The zero-order valence-electron chi connectivity index (χ0n) is 6.32. The summed E-state index contributed by atoms with van der Waals surface area (Å²) in [5.74, 6) is 0. The summed E-state index contributed by atoms with van der Waals surface area (Å²) >= 11 is 3.58. The second-order valence-electron chi connectivity index (χ2n) is 2.49. The lowest BCUT2D eigenvalue weighted by Gasteiger charge is -2.03. The fourth-order valence-corrected chi connectivity index (χ4v) is 3.48. The molecular formula is C8H11BrSi. The molecule has 0 amide bonds. The van der Waals surface area contributed by atoms with Gasteiger partial charge < -0.3 is 0 Å². The van der Waals surface area contributed by atoms with Crippen LogP contribution in [0.3, 0.4) is 0 Å². The molecule has 0 aliphatic carbocycles. The van der Waals surface area contributed by atoms with Crippen molar-refractivity contribution in [3.63, 3.8) is 0 Å². The Kier molecular flexibility index (Phi) is 2.69. The maximum atomic E-state index is 3.58. The van der Waals surface area contributed by atoms with Crippen LogP contribution in [0.15, 0.2) is 18.2 Å². The topological polar surface area (TPSA) is 0 Å². The van der Waals surface area contributed by atoms with Crippen LogP contribution in [0.4, 0.5) is 0 Å². The van der Waals surface area contributed by atoms with E-state index < -0.39 is 0 Å². The first-order valence-corrected chi connectivity index (χ1v) is 7.97. The summed E-state index contributed by atoms with van der Waals surface area (Å²) in [6.07, 6.45) is 0. The van der Waals surface area contributed by atoms with Crippen LogP contribution in [0.2, 0.25) is 0 Å². The second kappa shape index (κ2) is 3.35. The Hall–Kier alpha value is -0.0831. The van der Waals surface area contributed by atoms with Gasteiger partial charge in [0.25, 0.3) is 0 Å². The molecule has 2 heteroatoms. The van der Waals surface area contributed by atoms with Gasteiger partial charge in [-0.1, -0.05) is 23.4 Å². The second-order valence-corrected chi connectivity index (χ2v) is 5.20. The normalized spacial score (nSPS) is 11.1. The molecule has 0 N–H and O–H groups in total. The highest BCUT2D eigenvalue weighted by Crippen LogP contribution is 2.02. The fraction of sp³-hybridized carbons (Fsp3) is 0.250. The molecule has 0 aliphatic heterocycles. The molecule has 54 valence electrons. The highest BCUT2D eigenvalue weighted by molar-refractivity contribution is 9.23. The summed E-state index contributed by atoms with van der Waals surface area (Å²) < 4.78 is 0. The van der Waals surface area contributed by atoms with Crippen molar-refractivity contribution in [1.82, 2.24) is 0 Å². The summed E-state index contributed by atoms with van der Waals surface area (Å²) in [5.41, 5.74) is 2.87. The number of benzene rings is 1. The molecule has 0 saturated heterocycles. The Morgan fingerprint density at radius 2 is 2.00 bits per heavy atom. The van der Waals surface area contributed by atoms with Crippen molar-refractivity contribution in [2.45, 2.75) is 13.8 Å². The van der Waals surface area contributed by atoms with Gasteiger partial charge >= 0.3 is 0 Å². The highest BCUT2D eigenvalue weighted by Gasteiger charge is 1.96. The number of hydrogen-bond acceptors (Lipinski definition) is 0. The number of hydrogen-bond donors (Lipinski definition) is 0. The first kappa shape index (κ1) is 8.02. The van der Waals surface area contributed by atoms with Gasteiger partial charge in [0.1, 0.15) is 8.14 Å². The number of rotatable bonds is 1. The average Bonchev–Trinajstić information content (AvgIpc) is 1.95. The molecule has 0 saturated carbocycles. The van der Waals surface area contributed by atoms with Gasteiger partial charge in [-0.25, -0.2) is 0 Å². The van der Waals surface area contributed by atoms with E-state index in [2.05, 4.69) is 47.3 Å². The molecule has 0 spiro atoms. The third-order valence-corrected chi connectivity index (χ3v) is 4.73. The highest BCUT2D eigenvalue weighted by atomic mass is 79.9. The van der Waals surface area contributed by atoms with Gasteiger partial charge in [-0.05, 0) is 25.0 Å². The lowest BCUT2D eigenvalue weighted by atomic mass is 10.1. The van der Waals surface area contributed by atoms with Crippen LogP contribution in [0, 0.1) is 13.8 Å². The zero-order chi connectivity index (χ0) is 7.56.